The molecule has 14 heteroatoms. The van der Waals surface area contributed by atoms with E-state index in [0.29, 0.717) is 49.4 Å². The largest absolute Gasteiger partial charge is 0.389 e. The van der Waals surface area contributed by atoms with Gasteiger partial charge >= 0.3 is 12.2 Å². The quantitative estimate of drug-likeness (QED) is 0.384. The van der Waals surface area contributed by atoms with Gasteiger partial charge in [0, 0.05) is 43.6 Å². The number of piperidine rings is 1. The predicted molar refractivity (Wildman–Crippen MR) is 163 cm³/mol. The molecule has 1 spiro atoms. The molecule has 0 aromatic heterocycles. The number of rotatable bonds is 10. The van der Waals surface area contributed by atoms with Crippen molar-refractivity contribution in [1.82, 2.24) is 9.62 Å². The second-order valence-electron chi connectivity index (χ2n) is 12.1. The normalized spacial score (nSPS) is 22.8. The van der Waals surface area contributed by atoms with E-state index in [9.17, 15) is 31.2 Å². The van der Waals surface area contributed by atoms with Gasteiger partial charge in [-0.2, -0.15) is 17.5 Å². The van der Waals surface area contributed by atoms with E-state index >= 15 is 0 Å². The minimum atomic E-state index is -4.14. The lowest BCUT2D eigenvalue weighted by Crippen LogP contribution is -2.50. The lowest BCUT2D eigenvalue weighted by atomic mass is 9.79. The van der Waals surface area contributed by atoms with Gasteiger partial charge in [-0.15, -0.1) is 0 Å². The highest BCUT2D eigenvalue weighted by Gasteiger charge is 2.48. The highest BCUT2D eigenvalue weighted by atomic mass is 32.2. The number of aryl methyl sites for hydroxylation is 2. The van der Waals surface area contributed by atoms with Gasteiger partial charge < -0.3 is 15.8 Å². The molecule has 2 heterocycles. The van der Waals surface area contributed by atoms with Gasteiger partial charge in [-0.25, -0.2) is 13.2 Å². The van der Waals surface area contributed by atoms with Gasteiger partial charge in [0.1, 0.15) is 11.4 Å². The molecule has 0 unspecified atom stereocenters. The van der Waals surface area contributed by atoms with Crippen LogP contribution in [0, 0.1) is 25.7 Å². The number of primary amides is 1. The predicted octanol–water partition coefficient (Wildman–Crippen LogP) is 4.65. The molecular formula is C30H42F3N5O5S. The van der Waals surface area contributed by atoms with Crippen LogP contribution in [0.15, 0.2) is 22.5 Å². The number of amides is 3. The van der Waals surface area contributed by atoms with E-state index in [1.807, 2.05) is 13.8 Å². The SMILES string of the molecule is COCCN(C(N)=O)c1cc(C)c(C=CS(=O)(=O)N2CCC3(CC2)N=C(C2CCC(CCC(F)(F)F)CC2)NC3=O)c(C)c1. The lowest BCUT2D eigenvalue weighted by molar-refractivity contribution is -0.138. The molecular weight excluding hydrogens is 599 g/mol. The molecule has 10 nitrogen and oxygen atoms in total. The molecule has 1 aromatic rings. The smallest absolute Gasteiger partial charge is 0.383 e. The number of nitrogens with two attached hydrogens (primary N) is 1. The number of urea groups is 1. The number of carbonyl (C=O) groups excluding carboxylic acids is 2. The summed E-state index contributed by atoms with van der Waals surface area (Å²) >= 11 is 0. The summed E-state index contributed by atoms with van der Waals surface area (Å²) in [5.74, 6) is 0.378. The zero-order valence-corrected chi connectivity index (χ0v) is 26.3. The molecule has 44 heavy (non-hydrogen) atoms. The summed E-state index contributed by atoms with van der Waals surface area (Å²) in [5.41, 5.74) is 7.36. The first-order valence-electron chi connectivity index (χ1n) is 15.0. The Labute approximate surface area is 256 Å². The number of benzene rings is 1. The average molecular weight is 642 g/mol. The van der Waals surface area contributed by atoms with Gasteiger partial charge in [0.2, 0.25) is 10.0 Å². The van der Waals surface area contributed by atoms with Gasteiger partial charge in [-0.05, 0) is 99.6 Å². The number of halogens is 3. The average Bonchev–Trinajstić information content (AvgIpc) is 3.26. The van der Waals surface area contributed by atoms with Crippen molar-refractivity contribution in [1.29, 1.82) is 0 Å². The Kier molecular flexibility index (Phi) is 10.5. The molecule has 3 amide bonds. The van der Waals surface area contributed by atoms with Gasteiger partial charge in [-0.1, -0.05) is 0 Å². The van der Waals surface area contributed by atoms with Crippen LogP contribution in [0.1, 0.15) is 68.1 Å². The number of ether oxygens (including phenoxy) is 1. The lowest BCUT2D eigenvalue weighted by Gasteiger charge is -2.34. The fourth-order valence-corrected chi connectivity index (χ4v) is 7.61. The maximum absolute atomic E-state index is 13.3. The van der Waals surface area contributed by atoms with Crippen LogP contribution in [-0.2, 0) is 19.6 Å². The number of anilines is 1. The first-order valence-corrected chi connectivity index (χ1v) is 16.5. The third-order valence-electron chi connectivity index (χ3n) is 9.06. The van der Waals surface area contributed by atoms with Crippen molar-refractivity contribution >= 4 is 39.6 Å². The number of nitrogens with one attached hydrogen (secondary N) is 1. The summed E-state index contributed by atoms with van der Waals surface area (Å²) in [6.07, 6.45) is -0.0667. The molecule has 0 bridgehead atoms. The van der Waals surface area contributed by atoms with Crippen molar-refractivity contribution in [2.45, 2.75) is 76.9 Å². The summed E-state index contributed by atoms with van der Waals surface area (Å²) in [6, 6.07) is 2.93. The van der Waals surface area contributed by atoms with Crippen molar-refractivity contribution in [2.24, 2.45) is 22.6 Å². The van der Waals surface area contributed by atoms with Crippen LogP contribution in [0.4, 0.5) is 23.7 Å². The van der Waals surface area contributed by atoms with Crippen LogP contribution < -0.4 is 16.0 Å². The third kappa shape index (κ3) is 7.99. The Morgan fingerprint density at radius 2 is 1.80 bits per heavy atom. The van der Waals surface area contributed by atoms with Crippen LogP contribution in [0.2, 0.25) is 0 Å². The standard InChI is InChI=1S/C30H42F3N5O5S/c1-20-18-24(38(28(34)40)15-16-43-3)19-21(2)25(20)9-17-44(41,42)37-13-11-29(12-14-37)27(39)35-26(36-29)23-6-4-22(5-7-23)8-10-30(31,32)33/h9,17-19,22-23H,4-8,10-16H2,1-3H3,(H2,34,40)(H,35,36,39). The Hall–Kier alpha value is -2.97. The van der Waals surface area contributed by atoms with Crippen molar-refractivity contribution in [2.75, 3.05) is 38.3 Å². The Morgan fingerprint density at radius 3 is 2.34 bits per heavy atom. The van der Waals surface area contributed by atoms with E-state index in [-0.39, 0.29) is 56.6 Å². The van der Waals surface area contributed by atoms with E-state index in [2.05, 4.69) is 5.32 Å². The number of sulfonamides is 1. The zero-order valence-electron chi connectivity index (χ0n) is 25.5. The minimum Gasteiger partial charge on any atom is -0.383 e. The molecule has 3 N–H and O–H groups in total. The number of alkyl halides is 3. The van der Waals surface area contributed by atoms with E-state index < -0.39 is 34.2 Å². The Balaban J connectivity index is 1.37. The molecule has 0 radical (unpaired) electrons. The summed E-state index contributed by atoms with van der Waals surface area (Å²) in [7, 11) is -2.27. The molecule has 0 atom stereocenters. The first-order chi connectivity index (χ1) is 20.6. The topological polar surface area (TPSA) is 134 Å². The van der Waals surface area contributed by atoms with Gasteiger partial charge in [0.15, 0.2) is 0 Å². The monoisotopic (exact) mass is 641 g/mol. The highest BCUT2D eigenvalue weighted by Crippen LogP contribution is 2.38. The van der Waals surface area contributed by atoms with Crippen molar-refractivity contribution < 1.29 is 35.9 Å². The number of carbonyl (C=O) groups is 2. The Morgan fingerprint density at radius 1 is 1.18 bits per heavy atom. The number of hydrogen-bond donors (Lipinski definition) is 2. The minimum absolute atomic E-state index is 0.00180. The number of amidine groups is 1. The third-order valence-corrected chi connectivity index (χ3v) is 10.6. The van der Waals surface area contributed by atoms with Crippen molar-refractivity contribution in [3.8, 4) is 0 Å². The summed E-state index contributed by atoms with van der Waals surface area (Å²) < 4.78 is 70.7. The molecule has 4 rings (SSSR count). The molecule has 1 aromatic carbocycles. The second-order valence-corrected chi connectivity index (χ2v) is 13.9. The van der Waals surface area contributed by atoms with Crippen LogP contribution in [-0.4, -0.2) is 75.6 Å². The van der Waals surface area contributed by atoms with Crippen LogP contribution >= 0.6 is 0 Å². The molecule has 2 fully saturated rings. The number of aliphatic imine (C=N–C) groups is 1. The van der Waals surface area contributed by atoms with E-state index in [1.54, 1.807) is 18.2 Å². The molecule has 2 aliphatic heterocycles. The van der Waals surface area contributed by atoms with Crippen LogP contribution in [0.3, 0.4) is 0 Å². The van der Waals surface area contributed by atoms with E-state index in [4.69, 9.17) is 15.5 Å². The maximum Gasteiger partial charge on any atom is 0.389 e. The van der Waals surface area contributed by atoms with E-state index in [0.717, 1.165) is 16.5 Å². The number of methoxy groups -OCH3 is 1. The van der Waals surface area contributed by atoms with Crippen molar-refractivity contribution in [3.05, 3.63) is 34.2 Å². The fourth-order valence-electron chi connectivity index (χ4n) is 6.44. The van der Waals surface area contributed by atoms with Crippen molar-refractivity contribution in [3.63, 3.8) is 0 Å². The van der Waals surface area contributed by atoms with Gasteiger partial charge in [0.05, 0.1) is 13.2 Å². The zero-order chi connectivity index (χ0) is 32.3. The summed E-state index contributed by atoms with van der Waals surface area (Å²) in [6.45, 7) is 4.50. The van der Waals surface area contributed by atoms with Crippen LogP contribution in [0.5, 0.6) is 0 Å². The molecule has 1 saturated heterocycles. The number of hydrogen-bond acceptors (Lipinski definition) is 6. The summed E-state index contributed by atoms with van der Waals surface area (Å²) in [4.78, 5) is 31.1. The highest BCUT2D eigenvalue weighted by molar-refractivity contribution is 7.92. The second kappa shape index (κ2) is 13.6. The van der Waals surface area contributed by atoms with Crippen LogP contribution in [0.25, 0.3) is 6.08 Å². The molecule has 1 saturated carbocycles. The molecule has 244 valence electrons. The first kappa shape index (κ1) is 33.9. The van der Waals surface area contributed by atoms with Gasteiger partial charge in [0.25, 0.3) is 5.91 Å². The van der Waals surface area contributed by atoms with E-state index in [1.165, 1.54) is 16.3 Å². The van der Waals surface area contributed by atoms with Gasteiger partial charge in [-0.3, -0.25) is 14.7 Å². The fraction of sp³-hybridized carbons (Fsp3) is 0.633. The number of nitrogens with zero attached hydrogens (tertiary/aromatic N) is 3. The summed E-state index contributed by atoms with van der Waals surface area (Å²) in [5, 5.41) is 4.07. The molecule has 3 aliphatic rings. The Bertz CT molecular complexity index is 1370. The molecule has 1 aliphatic carbocycles. The maximum atomic E-state index is 13.3.